The number of aromatic nitrogens is 2. The average Bonchev–Trinajstić information content (AvgIpc) is 2.35. The molecular weight excluding hydrogens is 168 g/mol. The molecule has 0 bridgehead atoms. The Labute approximate surface area is 78.4 Å². The molecule has 1 aromatic heterocycles. The van der Waals surface area contributed by atoms with E-state index in [1.807, 2.05) is 42.0 Å². The zero-order chi connectivity index (χ0) is 10.3. The van der Waals surface area contributed by atoms with Crippen LogP contribution in [0.1, 0.15) is 19.8 Å². The highest BCUT2D eigenvalue weighted by atomic mass is 16.4. The summed E-state index contributed by atoms with van der Waals surface area (Å²) >= 11 is 0. The molecule has 0 saturated carbocycles. The summed E-state index contributed by atoms with van der Waals surface area (Å²) in [5.74, 6) is -0.961. The van der Waals surface area contributed by atoms with Gasteiger partial charge in [-0.2, -0.15) is 0 Å². The molecule has 0 aliphatic heterocycles. The number of carbonyl (C=O) groups is 1. The van der Waals surface area contributed by atoms with Gasteiger partial charge in [0.15, 0.2) is 0 Å². The second-order valence-electron chi connectivity index (χ2n) is 2.87. The lowest BCUT2D eigenvalue weighted by atomic mass is 10.4. The minimum absolute atomic E-state index is 0.181. The first-order valence-corrected chi connectivity index (χ1v) is 4.23. The van der Waals surface area contributed by atoms with Crippen molar-refractivity contribution in [2.24, 2.45) is 14.1 Å². The molecule has 74 valence electrons. The third-order valence-electron chi connectivity index (χ3n) is 1.36. The quantitative estimate of drug-likeness (QED) is 0.575. The van der Waals surface area contributed by atoms with E-state index in [9.17, 15) is 9.90 Å². The fourth-order valence-electron chi connectivity index (χ4n) is 0.779. The maximum absolute atomic E-state index is 9.49. The summed E-state index contributed by atoms with van der Waals surface area (Å²) in [6.45, 7) is 1.80. The van der Waals surface area contributed by atoms with Crippen molar-refractivity contribution < 1.29 is 14.5 Å². The zero-order valence-electron chi connectivity index (χ0n) is 8.36. The predicted molar refractivity (Wildman–Crippen MR) is 46.5 cm³/mol. The molecule has 0 unspecified atom stereocenters. The smallest absolute Gasteiger partial charge is 0.243 e. The van der Waals surface area contributed by atoms with Crippen molar-refractivity contribution in [3.05, 3.63) is 18.7 Å². The minimum Gasteiger partial charge on any atom is -0.550 e. The standard InChI is InChI=1S/C5H9N2.C4H8O2/c1-6-3-4-7(2)5-6;1-2-3-4(5)6/h3-5H,1-2H3;2-3H2,1H3,(H,5,6)/q+1;/p-1. The Morgan fingerprint density at radius 1 is 1.62 bits per heavy atom. The molecule has 0 atom stereocenters. The van der Waals surface area contributed by atoms with Crippen LogP contribution < -0.4 is 9.67 Å². The summed E-state index contributed by atoms with van der Waals surface area (Å²) < 4.78 is 4.00. The molecule has 13 heavy (non-hydrogen) atoms. The van der Waals surface area contributed by atoms with E-state index >= 15 is 0 Å². The fraction of sp³-hybridized carbons (Fsp3) is 0.556. The van der Waals surface area contributed by atoms with Crippen LogP contribution in [0, 0.1) is 0 Å². The summed E-state index contributed by atoms with van der Waals surface area (Å²) in [5, 5.41) is 9.49. The number of aryl methyl sites for hydroxylation is 2. The van der Waals surface area contributed by atoms with Gasteiger partial charge in [-0.15, -0.1) is 0 Å². The van der Waals surface area contributed by atoms with Crippen molar-refractivity contribution in [3.63, 3.8) is 0 Å². The lowest BCUT2D eigenvalue weighted by Gasteiger charge is -1.92. The molecule has 0 N–H and O–H groups in total. The van der Waals surface area contributed by atoms with Crippen LogP contribution >= 0.6 is 0 Å². The van der Waals surface area contributed by atoms with E-state index in [-0.39, 0.29) is 6.42 Å². The molecule has 0 aliphatic rings. The van der Waals surface area contributed by atoms with Crippen LogP contribution in [0.25, 0.3) is 0 Å². The second-order valence-corrected chi connectivity index (χ2v) is 2.87. The first kappa shape index (κ1) is 11.7. The summed E-state index contributed by atoms with van der Waals surface area (Å²) in [5.41, 5.74) is 0. The van der Waals surface area contributed by atoms with E-state index < -0.39 is 5.97 Å². The predicted octanol–water partition coefficient (Wildman–Crippen LogP) is -0.614. The van der Waals surface area contributed by atoms with Gasteiger partial charge in [0.05, 0.1) is 14.1 Å². The van der Waals surface area contributed by atoms with E-state index in [0.29, 0.717) is 6.42 Å². The number of nitrogens with zero attached hydrogens (tertiary/aromatic N) is 2. The number of imidazole rings is 1. The van der Waals surface area contributed by atoms with E-state index in [1.54, 1.807) is 6.92 Å². The van der Waals surface area contributed by atoms with Crippen LogP contribution in [-0.2, 0) is 18.9 Å². The molecule has 0 spiro atoms. The molecule has 0 fully saturated rings. The molecule has 0 radical (unpaired) electrons. The number of carboxylic acids is 1. The van der Waals surface area contributed by atoms with E-state index in [1.165, 1.54) is 0 Å². The van der Waals surface area contributed by atoms with Crippen LogP contribution in [0.2, 0.25) is 0 Å². The fourth-order valence-corrected chi connectivity index (χ4v) is 0.779. The molecule has 0 saturated heterocycles. The molecule has 1 heterocycles. The van der Waals surface area contributed by atoms with Gasteiger partial charge in [0.25, 0.3) is 0 Å². The maximum atomic E-state index is 9.49. The van der Waals surface area contributed by atoms with Crippen molar-refractivity contribution in [2.75, 3.05) is 0 Å². The molecule has 1 aromatic rings. The van der Waals surface area contributed by atoms with E-state index in [2.05, 4.69) is 0 Å². The SMILES string of the molecule is CCCC(=O)[O-].Cn1cc[n+](C)c1. The highest BCUT2D eigenvalue weighted by Crippen LogP contribution is 1.79. The molecule has 1 rings (SSSR count). The molecular formula is C9H16N2O2. The average molecular weight is 184 g/mol. The van der Waals surface area contributed by atoms with Gasteiger partial charge in [0, 0.05) is 5.97 Å². The van der Waals surface area contributed by atoms with Crippen LogP contribution in [0.15, 0.2) is 18.7 Å². The molecule has 0 aliphatic carbocycles. The summed E-state index contributed by atoms with van der Waals surface area (Å²) in [6.07, 6.45) is 6.85. The van der Waals surface area contributed by atoms with Crippen molar-refractivity contribution in [1.29, 1.82) is 0 Å². The summed E-state index contributed by atoms with van der Waals surface area (Å²) in [7, 11) is 4.00. The van der Waals surface area contributed by atoms with Crippen molar-refractivity contribution in [2.45, 2.75) is 19.8 Å². The summed E-state index contributed by atoms with van der Waals surface area (Å²) in [6, 6.07) is 0. The van der Waals surface area contributed by atoms with Crippen molar-refractivity contribution in [1.82, 2.24) is 4.57 Å². The van der Waals surface area contributed by atoms with Crippen LogP contribution in [0.5, 0.6) is 0 Å². The van der Waals surface area contributed by atoms with Gasteiger partial charge in [0.2, 0.25) is 6.33 Å². The Bertz CT molecular complexity index is 239. The molecule has 4 nitrogen and oxygen atoms in total. The Balaban J connectivity index is 0.000000226. The van der Waals surface area contributed by atoms with E-state index in [4.69, 9.17) is 0 Å². The Morgan fingerprint density at radius 3 is 2.31 bits per heavy atom. The highest BCUT2D eigenvalue weighted by molar-refractivity contribution is 5.63. The van der Waals surface area contributed by atoms with Gasteiger partial charge in [-0.05, 0) is 6.42 Å². The molecule has 0 amide bonds. The zero-order valence-corrected chi connectivity index (χ0v) is 8.36. The normalized spacial score (nSPS) is 8.85. The first-order valence-electron chi connectivity index (χ1n) is 4.23. The van der Waals surface area contributed by atoms with Crippen molar-refractivity contribution in [3.8, 4) is 0 Å². The maximum Gasteiger partial charge on any atom is 0.243 e. The third-order valence-corrected chi connectivity index (χ3v) is 1.36. The van der Waals surface area contributed by atoms with Gasteiger partial charge in [-0.25, -0.2) is 9.13 Å². The number of hydrogen-bond donors (Lipinski definition) is 0. The van der Waals surface area contributed by atoms with Gasteiger partial charge in [-0.1, -0.05) is 13.3 Å². The van der Waals surface area contributed by atoms with Crippen LogP contribution in [-0.4, -0.2) is 10.5 Å². The highest BCUT2D eigenvalue weighted by Gasteiger charge is 1.87. The number of aliphatic carboxylic acids is 1. The Hall–Kier alpha value is -1.32. The topological polar surface area (TPSA) is 48.9 Å². The van der Waals surface area contributed by atoms with Gasteiger partial charge in [-0.3, -0.25) is 0 Å². The number of hydrogen-bond acceptors (Lipinski definition) is 2. The number of rotatable bonds is 2. The Kier molecular flexibility index (Phi) is 5.59. The lowest BCUT2D eigenvalue weighted by Crippen LogP contribution is -2.23. The number of carboxylic acid groups (broad SMARTS) is 1. The largest absolute Gasteiger partial charge is 0.550 e. The van der Waals surface area contributed by atoms with Gasteiger partial charge >= 0.3 is 0 Å². The van der Waals surface area contributed by atoms with Crippen LogP contribution in [0.3, 0.4) is 0 Å². The lowest BCUT2D eigenvalue weighted by molar-refractivity contribution is -0.670. The monoisotopic (exact) mass is 184 g/mol. The molecule has 4 heteroatoms. The van der Waals surface area contributed by atoms with Gasteiger partial charge < -0.3 is 9.90 Å². The molecule has 0 aromatic carbocycles. The summed E-state index contributed by atoms with van der Waals surface area (Å²) in [4.78, 5) is 9.49. The number of carbonyl (C=O) groups excluding carboxylic acids is 1. The van der Waals surface area contributed by atoms with Gasteiger partial charge in [0.1, 0.15) is 12.4 Å². The van der Waals surface area contributed by atoms with Crippen molar-refractivity contribution >= 4 is 5.97 Å². The Morgan fingerprint density at radius 2 is 2.23 bits per heavy atom. The first-order chi connectivity index (χ1) is 6.06. The minimum atomic E-state index is -0.961. The van der Waals surface area contributed by atoms with Crippen LogP contribution in [0.4, 0.5) is 0 Å². The second kappa shape index (κ2) is 6.22. The van der Waals surface area contributed by atoms with E-state index in [0.717, 1.165) is 0 Å². The third kappa shape index (κ3) is 7.05.